The Morgan fingerprint density at radius 2 is 2.06 bits per heavy atom. The zero-order valence-corrected chi connectivity index (χ0v) is 9.19. The summed E-state index contributed by atoms with van der Waals surface area (Å²) in [7, 11) is 0. The molecule has 2 nitrogen and oxygen atoms in total. The largest absolute Gasteiger partial charge is 0.450 e. The second-order valence-electron chi connectivity index (χ2n) is 3.31. The van der Waals surface area contributed by atoms with Gasteiger partial charge in [0.1, 0.15) is 5.78 Å². The van der Waals surface area contributed by atoms with Crippen LogP contribution in [-0.2, 0) is 16.0 Å². The van der Waals surface area contributed by atoms with Crippen LogP contribution in [0.3, 0.4) is 0 Å². The lowest BCUT2D eigenvalue weighted by atomic mass is 9.95. The fourth-order valence-electron chi connectivity index (χ4n) is 1.25. The predicted molar refractivity (Wildman–Crippen MR) is 53.3 cm³/mol. The van der Waals surface area contributed by atoms with Crippen LogP contribution in [0, 0.1) is 5.92 Å². The normalized spacial score (nSPS) is 13.5. The first-order chi connectivity index (χ1) is 7.32. The molecule has 1 heterocycles. The number of alkyl halides is 3. The van der Waals surface area contributed by atoms with Crippen molar-refractivity contribution in [2.45, 2.75) is 19.5 Å². The number of thiophene rings is 1. The van der Waals surface area contributed by atoms with Gasteiger partial charge in [-0.15, -0.1) is 11.3 Å². The molecule has 88 valence electrons. The Morgan fingerprint density at radius 1 is 1.44 bits per heavy atom. The van der Waals surface area contributed by atoms with Gasteiger partial charge in [0.2, 0.25) is 5.78 Å². The van der Waals surface area contributed by atoms with Crippen molar-refractivity contribution in [3.05, 3.63) is 22.4 Å². The van der Waals surface area contributed by atoms with Gasteiger partial charge < -0.3 is 0 Å². The van der Waals surface area contributed by atoms with E-state index in [1.165, 1.54) is 11.3 Å². The highest BCUT2D eigenvalue weighted by molar-refractivity contribution is 7.09. The molecule has 0 aliphatic carbocycles. The average molecular weight is 250 g/mol. The van der Waals surface area contributed by atoms with Crippen molar-refractivity contribution in [1.82, 2.24) is 0 Å². The molecule has 0 aromatic carbocycles. The van der Waals surface area contributed by atoms with Crippen molar-refractivity contribution >= 4 is 22.9 Å². The van der Waals surface area contributed by atoms with Gasteiger partial charge in [0.05, 0.1) is 5.92 Å². The van der Waals surface area contributed by atoms with E-state index in [0.29, 0.717) is 4.88 Å². The summed E-state index contributed by atoms with van der Waals surface area (Å²) in [6.45, 7) is 1.00. The summed E-state index contributed by atoms with van der Waals surface area (Å²) < 4.78 is 36.6. The van der Waals surface area contributed by atoms with Gasteiger partial charge in [-0.05, 0) is 24.8 Å². The summed E-state index contributed by atoms with van der Waals surface area (Å²) >= 11 is 1.22. The molecule has 0 fully saturated rings. The molecule has 0 amide bonds. The molecule has 1 atom stereocenters. The van der Waals surface area contributed by atoms with E-state index in [2.05, 4.69) is 0 Å². The summed E-state index contributed by atoms with van der Waals surface area (Å²) in [4.78, 5) is 22.6. The Labute approximate surface area is 94.1 Å². The molecular formula is C10H9F3O2S. The van der Waals surface area contributed by atoms with Crippen LogP contribution in [0.2, 0.25) is 0 Å². The highest BCUT2D eigenvalue weighted by Crippen LogP contribution is 2.25. The maximum atomic E-state index is 12.2. The Balaban J connectivity index is 2.84. The van der Waals surface area contributed by atoms with Crippen molar-refractivity contribution < 1.29 is 22.8 Å². The number of Topliss-reactive ketones (excluding diaryl/α,β-unsaturated/α-hetero) is 2. The van der Waals surface area contributed by atoms with Crippen LogP contribution in [0.4, 0.5) is 13.2 Å². The molecule has 0 saturated heterocycles. The highest BCUT2D eigenvalue weighted by Gasteiger charge is 2.44. The number of hydrogen-bond donors (Lipinski definition) is 0. The van der Waals surface area contributed by atoms with Gasteiger partial charge in [0.15, 0.2) is 0 Å². The third-order valence-electron chi connectivity index (χ3n) is 2.07. The lowest BCUT2D eigenvalue weighted by molar-refractivity contribution is -0.176. The van der Waals surface area contributed by atoms with Crippen molar-refractivity contribution in [2.75, 3.05) is 0 Å². The fraction of sp³-hybridized carbons (Fsp3) is 0.400. The number of carbonyl (C=O) groups excluding carboxylic acids is 2. The summed E-state index contributed by atoms with van der Waals surface area (Å²) in [5, 5.41) is 1.69. The summed E-state index contributed by atoms with van der Waals surface area (Å²) in [6, 6.07) is 3.26. The highest BCUT2D eigenvalue weighted by atomic mass is 32.1. The standard InChI is InChI=1S/C10H9F3O2S/c1-6(14)8(9(15)10(11,12)13)5-7-3-2-4-16-7/h2-4,8H,5H2,1H3. The third-order valence-corrected chi connectivity index (χ3v) is 2.97. The van der Waals surface area contributed by atoms with Gasteiger partial charge in [-0.3, -0.25) is 9.59 Å². The van der Waals surface area contributed by atoms with Gasteiger partial charge >= 0.3 is 6.18 Å². The summed E-state index contributed by atoms with van der Waals surface area (Å²) in [6.07, 6.45) is -5.13. The van der Waals surface area contributed by atoms with E-state index in [1.54, 1.807) is 17.5 Å². The number of rotatable bonds is 4. The second-order valence-corrected chi connectivity index (χ2v) is 4.34. The van der Waals surface area contributed by atoms with E-state index in [0.717, 1.165) is 6.92 Å². The molecule has 0 aliphatic heterocycles. The van der Waals surface area contributed by atoms with E-state index >= 15 is 0 Å². The molecule has 16 heavy (non-hydrogen) atoms. The minimum Gasteiger partial charge on any atom is -0.299 e. The monoisotopic (exact) mass is 250 g/mol. The molecule has 1 aromatic heterocycles. The first kappa shape index (κ1) is 12.9. The maximum Gasteiger partial charge on any atom is 0.450 e. The minimum absolute atomic E-state index is 0.175. The molecule has 0 saturated carbocycles. The molecule has 0 aliphatic rings. The lowest BCUT2D eigenvalue weighted by Gasteiger charge is -2.13. The lowest BCUT2D eigenvalue weighted by Crippen LogP contribution is -2.35. The first-order valence-corrected chi connectivity index (χ1v) is 5.34. The molecule has 1 aromatic rings. The Morgan fingerprint density at radius 3 is 2.44 bits per heavy atom. The minimum atomic E-state index is -4.95. The average Bonchev–Trinajstić information content (AvgIpc) is 2.63. The fourth-order valence-corrected chi connectivity index (χ4v) is 2.00. The van der Waals surface area contributed by atoms with Crippen molar-refractivity contribution in [2.24, 2.45) is 5.92 Å². The molecule has 0 radical (unpaired) electrons. The predicted octanol–water partition coefficient (Wildman–Crippen LogP) is 2.63. The van der Waals surface area contributed by atoms with E-state index < -0.39 is 23.7 Å². The number of carbonyl (C=O) groups is 2. The third kappa shape index (κ3) is 3.16. The number of halogens is 3. The van der Waals surface area contributed by atoms with Gasteiger partial charge in [-0.2, -0.15) is 13.2 Å². The molecule has 0 spiro atoms. The Kier molecular flexibility index (Phi) is 3.85. The topological polar surface area (TPSA) is 34.1 Å². The Hall–Kier alpha value is -1.17. The molecule has 1 rings (SSSR count). The van der Waals surface area contributed by atoms with Crippen molar-refractivity contribution in [1.29, 1.82) is 0 Å². The first-order valence-electron chi connectivity index (χ1n) is 4.46. The number of hydrogen-bond acceptors (Lipinski definition) is 3. The molecule has 6 heteroatoms. The van der Waals surface area contributed by atoms with Gasteiger partial charge in [0, 0.05) is 4.88 Å². The maximum absolute atomic E-state index is 12.2. The van der Waals surface area contributed by atoms with Crippen LogP contribution in [-0.4, -0.2) is 17.7 Å². The summed E-state index contributed by atoms with van der Waals surface area (Å²) in [5.41, 5.74) is 0. The second kappa shape index (κ2) is 4.78. The SMILES string of the molecule is CC(=O)C(Cc1cccs1)C(=O)C(F)(F)F. The zero-order chi connectivity index (χ0) is 12.3. The van der Waals surface area contributed by atoms with E-state index in [-0.39, 0.29) is 6.42 Å². The van der Waals surface area contributed by atoms with E-state index in [1.807, 2.05) is 0 Å². The smallest absolute Gasteiger partial charge is 0.299 e. The quantitative estimate of drug-likeness (QED) is 0.770. The van der Waals surface area contributed by atoms with E-state index in [9.17, 15) is 22.8 Å². The van der Waals surface area contributed by atoms with Crippen molar-refractivity contribution in [3.8, 4) is 0 Å². The Bertz CT molecular complexity index is 381. The van der Waals surface area contributed by atoms with Crippen molar-refractivity contribution in [3.63, 3.8) is 0 Å². The van der Waals surface area contributed by atoms with Crippen LogP contribution in [0.25, 0.3) is 0 Å². The molecule has 1 unspecified atom stereocenters. The zero-order valence-electron chi connectivity index (χ0n) is 8.38. The van der Waals surface area contributed by atoms with E-state index in [4.69, 9.17) is 0 Å². The molecule has 0 bridgehead atoms. The molecular weight excluding hydrogens is 241 g/mol. The van der Waals surface area contributed by atoms with Crippen LogP contribution >= 0.6 is 11.3 Å². The van der Waals surface area contributed by atoms with Crippen LogP contribution in [0.15, 0.2) is 17.5 Å². The van der Waals surface area contributed by atoms with Gasteiger partial charge in [0.25, 0.3) is 0 Å². The van der Waals surface area contributed by atoms with Gasteiger partial charge in [-0.1, -0.05) is 6.07 Å². The molecule has 0 N–H and O–H groups in total. The van der Waals surface area contributed by atoms with Crippen LogP contribution in [0.1, 0.15) is 11.8 Å². The van der Waals surface area contributed by atoms with Crippen LogP contribution in [0.5, 0.6) is 0 Å². The van der Waals surface area contributed by atoms with Crippen LogP contribution < -0.4 is 0 Å². The van der Waals surface area contributed by atoms with Gasteiger partial charge in [-0.25, -0.2) is 0 Å². The number of ketones is 2. The summed E-state index contributed by atoms with van der Waals surface area (Å²) in [5.74, 6) is -4.33.